The topological polar surface area (TPSA) is 53.0 Å². The van der Waals surface area contributed by atoms with Gasteiger partial charge in [-0.15, -0.1) is 0 Å². The van der Waals surface area contributed by atoms with Gasteiger partial charge in [0, 0.05) is 44.2 Å². The van der Waals surface area contributed by atoms with Crippen molar-refractivity contribution < 1.29 is 14.6 Å². The van der Waals surface area contributed by atoms with Crippen LogP contribution in [0.1, 0.15) is 18.1 Å². The summed E-state index contributed by atoms with van der Waals surface area (Å²) in [6.45, 7) is 4.34. The molecule has 5 nitrogen and oxygen atoms in total. The normalized spacial score (nSPS) is 27.1. The first-order valence-electron chi connectivity index (χ1n) is 7.70. The first-order valence-corrected chi connectivity index (χ1v) is 8.08. The molecule has 1 N–H and O–H groups in total. The van der Waals surface area contributed by atoms with Crippen molar-refractivity contribution in [2.24, 2.45) is 0 Å². The summed E-state index contributed by atoms with van der Waals surface area (Å²) in [6, 6.07) is 7.33. The molecule has 2 saturated heterocycles. The number of halogens is 1. The molecule has 1 aromatic rings. The minimum atomic E-state index is -0.176. The molecule has 0 aromatic heterocycles. The van der Waals surface area contributed by atoms with Gasteiger partial charge in [0.2, 0.25) is 0 Å². The van der Waals surface area contributed by atoms with E-state index in [0.29, 0.717) is 18.0 Å². The number of piperazine rings is 1. The first-order chi connectivity index (χ1) is 10.7. The lowest BCUT2D eigenvalue weighted by atomic mass is 10.0. The largest absolute Gasteiger partial charge is 0.456 e. The summed E-state index contributed by atoms with van der Waals surface area (Å²) in [5.74, 6) is -0.129. The van der Waals surface area contributed by atoms with Crippen molar-refractivity contribution in [1.29, 1.82) is 0 Å². The second-order valence-corrected chi connectivity index (χ2v) is 6.27. The fourth-order valence-corrected chi connectivity index (χ4v) is 3.31. The number of β-amino-alcohol motifs (C(OH)–C–C–N with tert-alkyl or cyclic N) is 1. The van der Waals surface area contributed by atoms with Crippen LogP contribution in [0.2, 0.25) is 5.02 Å². The van der Waals surface area contributed by atoms with Crippen molar-refractivity contribution in [2.45, 2.75) is 18.6 Å². The zero-order valence-electron chi connectivity index (χ0n) is 12.4. The van der Waals surface area contributed by atoms with Crippen LogP contribution >= 0.6 is 11.6 Å². The molecule has 2 aliphatic rings. The lowest BCUT2D eigenvalue weighted by Gasteiger charge is -2.36. The highest BCUT2D eigenvalue weighted by Gasteiger charge is 2.39. The van der Waals surface area contributed by atoms with E-state index in [1.54, 1.807) is 0 Å². The molecule has 0 amide bonds. The van der Waals surface area contributed by atoms with Gasteiger partial charge in [0.1, 0.15) is 12.1 Å². The Kier molecular flexibility index (Phi) is 4.98. The van der Waals surface area contributed by atoms with E-state index in [9.17, 15) is 4.79 Å². The molecule has 2 heterocycles. The highest BCUT2D eigenvalue weighted by molar-refractivity contribution is 6.30. The molecule has 22 heavy (non-hydrogen) atoms. The Labute approximate surface area is 135 Å². The summed E-state index contributed by atoms with van der Waals surface area (Å²) in [7, 11) is 0. The molecule has 3 rings (SSSR count). The maximum Gasteiger partial charge on any atom is 0.324 e. The third kappa shape index (κ3) is 3.43. The molecular formula is C16H21ClN2O3. The van der Waals surface area contributed by atoms with Crippen LogP contribution < -0.4 is 0 Å². The number of nitrogens with zero attached hydrogens (tertiary/aromatic N) is 2. The number of carbonyl (C=O) groups excluding carboxylic acids is 1. The van der Waals surface area contributed by atoms with Crippen molar-refractivity contribution in [2.75, 3.05) is 39.3 Å². The zero-order valence-corrected chi connectivity index (χ0v) is 13.2. The molecule has 0 saturated carbocycles. The zero-order chi connectivity index (χ0) is 15.5. The maximum atomic E-state index is 12.2. The Morgan fingerprint density at radius 1 is 1.18 bits per heavy atom. The van der Waals surface area contributed by atoms with Crippen LogP contribution in [0.4, 0.5) is 0 Å². The number of rotatable bonds is 4. The third-order valence-electron chi connectivity index (χ3n) is 4.47. The second kappa shape index (κ2) is 6.96. The van der Waals surface area contributed by atoms with Crippen molar-refractivity contribution in [3.05, 3.63) is 34.9 Å². The number of aliphatic hydroxyl groups is 1. The van der Waals surface area contributed by atoms with Crippen molar-refractivity contribution in [3.8, 4) is 0 Å². The van der Waals surface area contributed by atoms with Crippen LogP contribution in [0.15, 0.2) is 24.3 Å². The summed E-state index contributed by atoms with van der Waals surface area (Å²) in [5, 5.41) is 9.66. The smallest absolute Gasteiger partial charge is 0.324 e. The lowest BCUT2D eigenvalue weighted by Crippen LogP contribution is -2.52. The minimum Gasteiger partial charge on any atom is -0.456 e. The summed E-state index contributed by atoms with van der Waals surface area (Å²) < 4.78 is 5.55. The average molecular weight is 325 g/mol. The molecular weight excluding hydrogens is 304 g/mol. The average Bonchev–Trinajstić information content (AvgIpc) is 2.91. The maximum absolute atomic E-state index is 12.2. The second-order valence-electron chi connectivity index (χ2n) is 5.83. The summed E-state index contributed by atoms with van der Waals surface area (Å²) >= 11 is 5.90. The third-order valence-corrected chi connectivity index (χ3v) is 4.73. The van der Waals surface area contributed by atoms with Crippen LogP contribution in [-0.4, -0.2) is 66.2 Å². The molecule has 6 heteroatoms. The lowest BCUT2D eigenvalue weighted by molar-refractivity contribution is -0.146. The molecule has 2 atom stereocenters. The molecule has 0 spiro atoms. The Morgan fingerprint density at radius 3 is 2.50 bits per heavy atom. The number of hydrogen-bond donors (Lipinski definition) is 1. The molecule has 2 fully saturated rings. The fourth-order valence-electron chi connectivity index (χ4n) is 3.19. The predicted octanol–water partition coefficient (Wildman–Crippen LogP) is 1.31. The van der Waals surface area contributed by atoms with E-state index in [-0.39, 0.29) is 24.7 Å². The number of aliphatic hydroxyl groups excluding tert-OH is 1. The number of hydrogen-bond acceptors (Lipinski definition) is 5. The number of cyclic esters (lactones) is 1. The monoisotopic (exact) mass is 324 g/mol. The van der Waals surface area contributed by atoms with Crippen LogP contribution in [-0.2, 0) is 9.53 Å². The van der Waals surface area contributed by atoms with Gasteiger partial charge < -0.3 is 9.84 Å². The fraction of sp³-hybridized carbons (Fsp3) is 0.562. The van der Waals surface area contributed by atoms with Crippen LogP contribution in [0.25, 0.3) is 0 Å². The van der Waals surface area contributed by atoms with E-state index in [4.69, 9.17) is 21.4 Å². The molecule has 0 radical (unpaired) electrons. The SMILES string of the molecule is O=C1OC(c2ccc(Cl)cc2)CC1N1CCN(CCO)CC1. The predicted molar refractivity (Wildman–Crippen MR) is 83.8 cm³/mol. The summed E-state index contributed by atoms with van der Waals surface area (Å²) in [6.07, 6.45) is 0.519. The van der Waals surface area contributed by atoms with Gasteiger partial charge in [-0.2, -0.15) is 0 Å². The van der Waals surface area contributed by atoms with Gasteiger partial charge in [0.25, 0.3) is 0 Å². The quantitative estimate of drug-likeness (QED) is 0.846. The highest BCUT2D eigenvalue weighted by atomic mass is 35.5. The number of esters is 1. The van der Waals surface area contributed by atoms with Crippen LogP contribution in [0.5, 0.6) is 0 Å². The minimum absolute atomic E-state index is 0.129. The summed E-state index contributed by atoms with van der Waals surface area (Å²) in [5.41, 5.74) is 0.999. The van der Waals surface area contributed by atoms with E-state index in [2.05, 4.69) is 9.80 Å². The van der Waals surface area contributed by atoms with E-state index >= 15 is 0 Å². The Balaban J connectivity index is 1.59. The number of benzene rings is 1. The van der Waals surface area contributed by atoms with Gasteiger partial charge in [0.15, 0.2) is 0 Å². The van der Waals surface area contributed by atoms with Gasteiger partial charge in [-0.3, -0.25) is 14.6 Å². The van der Waals surface area contributed by atoms with Gasteiger partial charge >= 0.3 is 5.97 Å². The van der Waals surface area contributed by atoms with Crippen LogP contribution in [0.3, 0.4) is 0 Å². The summed E-state index contributed by atoms with van der Waals surface area (Å²) in [4.78, 5) is 16.6. The standard InChI is InChI=1S/C16H21ClN2O3/c17-13-3-1-12(2-4-13)15-11-14(16(21)22-15)19-7-5-18(6-8-19)9-10-20/h1-4,14-15,20H,5-11H2. The van der Waals surface area contributed by atoms with Crippen LogP contribution in [0, 0.1) is 0 Å². The van der Waals surface area contributed by atoms with Gasteiger partial charge in [-0.05, 0) is 17.7 Å². The van der Waals surface area contributed by atoms with Crippen molar-refractivity contribution >= 4 is 17.6 Å². The first kappa shape index (κ1) is 15.7. The molecule has 1 aromatic carbocycles. The highest BCUT2D eigenvalue weighted by Crippen LogP contribution is 2.33. The van der Waals surface area contributed by atoms with E-state index in [0.717, 1.165) is 31.7 Å². The van der Waals surface area contributed by atoms with E-state index in [1.165, 1.54) is 0 Å². The molecule has 0 aliphatic carbocycles. The molecule has 2 unspecified atom stereocenters. The molecule has 2 aliphatic heterocycles. The van der Waals surface area contributed by atoms with E-state index in [1.807, 2.05) is 24.3 Å². The number of ether oxygens (including phenoxy) is 1. The molecule has 120 valence electrons. The van der Waals surface area contributed by atoms with Crippen molar-refractivity contribution in [3.63, 3.8) is 0 Å². The Bertz CT molecular complexity index is 515. The number of carbonyl (C=O) groups is 1. The van der Waals surface area contributed by atoms with Gasteiger partial charge in [-0.25, -0.2) is 0 Å². The van der Waals surface area contributed by atoms with Gasteiger partial charge in [-0.1, -0.05) is 23.7 Å². The Morgan fingerprint density at radius 2 is 1.86 bits per heavy atom. The molecule has 0 bridgehead atoms. The van der Waals surface area contributed by atoms with Gasteiger partial charge in [0.05, 0.1) is 6.61 Å². The van der Waals surface area contributed by atoms with Crippen molar-refractivity contribution in [1.82, 2.24) is 9.80 Å². The van der Waals surface area contributed by atoms with E-state index < -0.39 is 0 Å². The Hall–Kier alpha value is -1.14.